The first-order chi connectivity index (χ1) is 12.8. The molecule has 1 aromatic carbocycles. The maximum Gasteiger partial charge on any atom is 0.154 e. The number of aromatic nitrogens is 3. The molecule has 0 bridgehead atoms. The van der Waals surface area contributed by atoms with Crippen molar-refractivity contribution >= 4 is 16.6 Å². The fraction of sp³-hybridized carbons (Fsp3) is 0.409. The topological polar surface area (TPSA) is 36.9 Å². The average molecular weight is 344 g/mol. The highest BCUT2D eigenvalue weighted by atomic mass is 15.2. The van der Waals surface area contributed by atoms with Gasteiger partial charge in [-0.15, -0.1) is 0 Å². The van der Waals surface area contributed by atoms with Gasteiger partial charge in [0.05, 0.1) is 17.3 Å². The van der Waals surface area contributed by atoms with Crippen LogP contribution in [0.2, 0.25) is 0 Å². The molecule has 1 fully saturated rings. The summed E-state index contributed by atoms with van der Waals surface area (Å²) in [6.45, 7) is 4.79. The third kappa shape index (κ3) is 1.71. The van der Waals surface area contributed by atoms with Crippen LogP contribution in [0.4, 0.5) is 0 Å². The van der Waals surface area contributed by atoms with E-state index >= 15 is 0 Å². The Hall–Kier alpha value is -2.33. The number of imidazole rings is 1. The molecule has 1 N–H and O–H groups in total. The zero-order chi connectivity index (χ0) is 17.3. The summed E-state index contributed by atoms with van der Waals surface area (Å²) in [5, 5.41) is 1.43. The Morgan fingerprint density at radius 1 is 1.27 bits per heavy atom. The van der Waals surface area contributed by atoms with E-state index in [2.05, 4.69) is 56.7 Å². The number of hydrogen-bond acceptors (Lipinski definition) is 2. The first-order valence-electron chi connectivity index (χ1n) is 9.92. The maximum atomic E-state index is 4.64. The first kappa shape index (κ1) is 14.8. The van der Waals surface area contributed by atoms with Crippen LogP contribution in [-0.2, 0) is 6.42 Å². The van der Waals surface area contributed by atoms with Crippen LogP contribution >= 0.6 is 0 Å². The van der Waals surface area contributed by atoms with E-state index in [-0.39, 0.29) is 5.41 Å². The number of para-hydroxylation sites is 1. The van der Waals surface area contributed by atoms with Gasteiger partial charge in [0.1, 0.15) is 0 Å². The molecule has 132 valence electrons. The molecule has 3 aromatic rings. The molecule has 0 radical (unpaired) electrons. The molecule has 5 heterocycles. The lowest BCUT2D eigenvalue weighted by Gasteiger charge is -2.53. The Morgan fingerprint density at radius 2 is 2.19 bits per heavy atom. The normalized spacial score (nSPS) is 27.4. The summed E-state index contributed by atoms with van der Waals surface area (Å²) >= 11 is 0. The van der Waals surface area contributed by atoms with Crippen LogP contribution in [0.15, 0.2) is 42.7 Å². The quantitative estimate of drug-likeness (QED) is 0.750. The van der Waals surface area contributed by atoms with Crippen LogP contribution < -0.4 is 0 Å². The second-order valence-corrected chi connectivity index (χ2v) is 8.06. The molecule has 3 aliphatic heterocycles. The van der Waals surface area contributed by atoms with Gasteiger partial charge in [0.15, 0.2) is 5.82 Å². The summed E-state index contributed by atoms with van der Waals surface area (Å²) in [5.41, 5.74) is 5.90. The van der Waals surface area contributed by atoms with Gasteiger partial charge >= 0.3 is 0 Å². The number of hydrogen-bond donors (Lipinski definition) is 1. The predicted molar refractivity (Wildman–Crippen MR) is 104 cm³/mol. The number of benzene rings is 1. The van der Waals surface area contributed by atoms with E-state index in [4.69, 9.17) is 0 Å². The van der Waals surface area contributed by atoms with Crippen molar-refractivity contribution in [3.63, 3.8) is 0 Å². The number of fused-ring (bicyclic) bond motifs is 3. The van der Waals surface area contributed by atoms with Crippen molar-refractivity contribution < 1.29 is 0 Å². The summed E-state index contributed by atoms with van der Waals surface area (Å²) in [6.07, 6.45) is 11.3. The van der Waals surface area contributed by atoms with Gasteiger partial charge in [-0.1, -0.05) is 25.1 Å². The summed E-state index contributed by atoms with van der Waals surface area (Å²) < 4.78 is 2.51. The van der Waals surface area contributed by atoms with Gasteiger partial charge in [-0.3, -0.25) is 4.90 Å². The van der Waals surface area contributed by atoms with Gasteiger partial charge in [0.25, 0.3) is 0 Å². The van der Waals surface area contributed by atoms with E-state index in [1.807, 2.05) is 12.4 Å². The van der Waals surface area contributed by atoms with Crippen molar-refractivity contribution in [2.24, 2.45) is 5.41 Å². The molecule has 2 atom stereocenters. The average Bonchev–Trinajstić information content (AvgIpc) is 3.33. The lowest BCUT2D eigenvalue weighted by molar-refractivity contribution is 0.0271. The van der Waals surface area contributed by atoms with Crippen LogP contribution in [0, 0.1) is 5.41 Å². The van der Waals surface area contributed by atoms with Gasteiger partial charge in [-0.25, -0.2) is 4.98 Å². The van der Waals surface area contributed by atoms with Crippen LogP contribution in [0.1, 0.15) is 49.3 Å². The number of aromatic amines is 1. The monoisotopic (exact) mass is 344 g/mol. The highest BCUT2D eigenvalue weighted by Gasteiger charge is 2.50. The number of nitrogens with zero attached hydrogens (tertiary/aromatic N) is 3. The highest BCUT2D eigenvalue weighted by Crippen LogP contribution is 2.57. The van der Waals surface area contributed by atoms with Crippen LogP contribution in [0.5, 0.6) is 0 Å². The van der Waals surface area contributed by atoms with Crippen LogP contribution in [-0.4, -0.2) is 32.5 Å². The third-order valence-corrected chi connectivity index (χ3v) is 6.99. The number of rotatable bonds is 2. The van der Waals surface area contributed by atoms with E-state index in [1.165, 1.54) is 54.6 Å². The fourth-order valence-corrected chi connectivity index (χ4v) is 5.86. The molecule has 26 heavy (non-hydrogen) atoms. The fourth-order valence-electron chi connectivity index (χ4n) is 5.86. The maximum absolute atomic E-state index is 4.64. The Balaban J connectivity index is 1.75. The molecular formula is C22H24N4. The minimum Gasteiger partial charge on any atom is -0.343 e. The minimum atomic E-state index is 0.222. The van der Waals surface area contributed by atoms with Crippen molar-refractivity contribution in [3.8, 4) is 0 Å². The Kier molecular flexibility index (Phi) is 2.91. The molecule has 3 aliphatic rings. The van der Waals surface area contributed by atoms with E-state index in [1.54, 1.807) is 5.56 Å². The van der Waals surface area contributed by atoms with Crippen molar-refractivity contribution in [2.75, 3.05) is 13.1 Å². The molecule has 0 unspecified atom stereocenters. The van der Waals surface area contributed by atoms with Gasteiger partial charge in [-0.2, -0.15) is 0 Å². The minimum absolute atomic E-state index is 0.222. The summed E-state index contributed by atoms with van der Waals surface area (Å²) in [6, 6.07) is 9.44. The SMILES string of the molecule is CC[C@@]12C=C(c3ncc[nH]3)n3c4c(c5ccccc53)CCN(CCC1)[C@H]42. The van der Waals surface area contributed by atoms with Crippen molar-refractivity contribution in [2.45, 2.75) is 38.6 Å². The lowest BCUT2D eigenvalue weighted by atomic mass is 9.66. The van der Waals surface area contributed by atoms with E-state index in [0.29, 0.717) is 6.04 Å². The molecule has 1 saturated heterocycles. The molecule has 0 saturated carbocycles. The lowest BCUT2D eigenvalue weighted by Crippen LogP contribution is -2.50. The predicted octanol–water partition coefficient (Wildman–Crippen LogP) is 4.36. The van der Waals surface area contributed by atoms with Crippen LogP contribution in [0.25, 0.3) is 16.6 Å². The highest BCUT2D eigenvalue weighted by molar-refractivity contribution is 5.91. The summed E-state index contributed by atoms with van der Waals surface area (Å²) in [4.78, 5) is 10.8. The van der Waals surface area contributed by atoms with E-state index < -0.39 is 0 Å². The largest absolute Gasteiger partial charge is 0.343 e. The van der Waals surface area contributed by atoms with E-state index in [0.717, 1.165) is 12.2 Å². The Bertz CT molecular complexity index is 1030. The molecule has 0 aliphatic carbocycles. The molecule has 6 rings (SSSR count). The second-order valence-electron chi connectivity index (χ2n) is 8.06. The van der Waals surface area contributed by atoms with Gasteiger partial charge in [0, 0.05) is 35.4 Å². The van der Waals surface area contributed by atoms with Gasteiger partial charge in [-0.05, 0) is 49.9 Å². The summed E-state index contributed by atoms with van der Waals surface area (Å²) in [7, 11) is 0. The number of H-pyrrole nitrogens is 1. The Labute approximate surface area is 153 Å². The molecule has 0 amide bonds. The van der Waals surface area contributed by atoms with Crippen molar-refractivity contribution in [3.05, 3.63) is 59.8 Å². The number of nitrogens with one attached hydrogen (secondary N) is 1. The molecule has 4 heteroatoms. The third-order valence-electron chi connectivity index (χ3n) is 6.99. The van der Waals surface area contributed by atoms with Crippen molar-refractivity contribution in [1.82, 2.24) is 19.4 Å². The van der Waals surface area contributed by atoms with Crippen molar-refractivity contribution in [1.29, 1.82) is 0 Å². The molecule has 4 nitrogen and oxygen atoms in total. The standard InChI is InChI=1S/C22H24N4/c1-2-22-9-5-12-25-13-8-16-15-6-3-4-7-17(15)26(19(16)20(22)25)18(14-22)21-23-10-11-24-21/h3-4,6-7,10-11,14,20H,2,5,8-9,12-13H2,1H3,(H,23,24)/t20-,22+/m1/s1. The van der Waals surface area contributed by atoms with Crippen LogP contribution in [0.3, 0.4) is 0 Å². The molecule has 2 aromatic heterocycles. The summed E-state index contributed by atoms with van der Waals surface area (Å²) in [5.74, 6) is 0.988. The Morgan fingerprint density at radius 3 is 3.04 bits per heavy atom. The second kappa shape index (κ2) is 5.10. The molecular weight excluding hydrogens is 320 g/mol. The van der Waals surface area contributed by atoms with E-state index in [9.17, 15) is 0 Å². The number of piperidine rings is 1. The first-order valence-corrected chi connectivity index (χ1v) is 9.92. The van der Waals surface area contributed by atoms with Gasteiger partial charge < -0.3 is 9.55 Å². The smallest absolute Gasteiger partial charge is 0.154 e. The van der Waals surface area contributed by atoms with Gasteiger partial charge in [0.2, 0.25) is 0 Å². The zero-order valence-electron chi connectivity index (χ0n) is 15.2. The zero-order valence-corrected chi connectivity index (χ0v) is 15.2. The molecule has 0 spiro atoms.